The van der Waals surface area contributed by atoms with Crippen LogP contribution in [-0.2, 0) is 19.0 Å². The molecular weight excluding hydrogens is 346 g/mol. The van der Waals surface area contributed by atoms with Crippen molar-refractivity contribution in [2.75, 3.05) is 0 Å². The van der Waals surface area contributed by atoms with E-state index in [4.69, 9.17) is 0 Å². The lowest BCUT2D eigenvalue weighted by Gasteiger charge is -2.17. The van der Waals surface area contributed by atoms with E-state index in [9.17, 15) is 43.9 Å². The number of alkyl halides is 9. The van der Waals surface area contributed by atoms with E-state index in [1.807, 2.05) is 0 Å². The van der Waals surface area contributed by atoms with Crippen LogP contribution in [0.15, 0.2) is 12.1 Å². The third-order valence-electron chi connectivity index (χ3n) is 2.95. The molecule has 0 saturated carbocycles. The first-order chi connectivity index (χ1) is 10.2. The topological polar surface area (TPSA) is 0 Å². The third kappa shape index (κ3) is 6.26. The van der Waals surface area contributed by atoms with E-state index in [1.165, 1.54) is 0 Å². The Morgan fingerprint density at radius 1 is 0.652 bits per heavy atom. The largest absolute Gasteiger partial charge is 0.419 e. The Labute approximate surface area is 124 Å². The lowest BCUT2D eigenvalue weighted by Crippen LogP contribution is -2.17. The molecule has 0 heterocycles. The van der Waals surface area contributed by atoms with E-state index in [0.717, 1.165) is 0 Å². The molecule has 23 heavy (non-hydrogen) atoms. The Hall–Kier alpha value is -1.48. The van der Waals surface area contributed by atoms with Crippen molar-refractivity contribution in [1.82, 2.24) is 0 Å². The summed E-state index contributed by atoms with van der Waals surface area (Å²) in [5.74, 6) is -1.96. The summed E-state index contributed by atoms with van der Waals surface area (Å²) in [6.45, 7) is 0. The lowest BCUT2D eigenvalue weighted by molar-refractivity contribution is -0.143. The number of rotatable bonds is 4. The van der Waals surface area contributed by atoms with Gasteiger partial charge in [-0.2, -0.15) is 39.5 Å². The second kappa shape index (κ2) is 6.56. The smallest absolute Gasteiger partial charge is 0.206 e. The van der Waals surface area contributed by atoms with Gasteiger partial charge in [-0.25, -0.2) is 4.39 Å². The number of halogens is 10. The van der Waals surface area contributed by atoms with Gasteiger partial charge in [0.2, 0.25) is 0 Å². The van der Waals surface area contributed by atoms with E-state index in [0.29, 0.717) is 12.1 Å². The molecule has 0 aromatic heterocycles. The van der Waals surface area contributed by atoms with Crippen molar-refractivity contribution in [2.24, 2.45) is 0 Å². The van der Waals surface area contributed by atoms with Crippen molar-refractivity contribution in [3.05, 3.63) is 34.6 Å². The molecule has 0 fully saturated rings. The molecule has 0 amide bonds. The van der Waals surface area contributed by atoms with Gasteiger partial charge in [-0.15, -0.1) is 0 Å². The molecule has 0 bridgehead atoms. The fraction of sp³-hybridized carbons (Fsp3) is 0.538. The van der Waals surface area contributed by atoms with Crippen molar-refractivity contribution in [1.29, 1.82) is 0 Å². The third-order valence-corrected chi connectivity index (χ3v) is 2.95. The Bertz CT molecular complexity index is 535. The highest BCUT2D eigenvalue weighted by Crippen LogP contribution is 2.37. The minimum Gasteiger partial charge on any atom is -0.206 e. The second-order valence-corrected chi connectivity index (χ2v) is 4.80. The van der Waals surface area contributed by atoms with Gasteiger partial charge in [0, 0.05) is 12.8 Å². The van der Waals surface area contributed by atoms with Gasteiger partial charge in [0.1, 0.15) is 5.82 Å². The SMILES string of the molecule is Fc1c(CCC(F)(F)F)ccc(CCC(F)(F)F)c1C(F)(F)F. The molecule has 10 heteroatoms. The quantitative estimate of drug-likeness (QED) is 0.595. The zero-order valence-electron chi connectivity index (χ0n) is 11.3. The van der Waals surface area contributed by atoms with Gasteiger partial charge in [0.15, 0.2) is 0 Å². The molecule has 132 valence electrons. The summed E-state index contributed by atoms with van der Waals surface area (Å²) in [6, 6.07) is 1.24. The van der Waals surface area contributed by atoms with Crippen LogP contribution in [0.3, 0.4) is 0 Å². The van der Waals surface area contributed by atoms with Crippen molar-refractivity contribution >= 4 is 0 Å². The van der Waals surface area contributed by atoms with Crippen LogP contribution < -0.4 is 0 Å². The van der Waals surface area contributed by atoms with Crippen molar-refractivity contribution in [3.8, 4) is 0 Å². The maximum atomic E-state index is 13.9. The monoisotopic (exact) mass is 356 g/mol. The fourth-order valence-corrected chi connectivity index (χ4v) is 1.92. The van der Waals surface area contributed by atoms with Gasteiger partial charge in [-0.3, -0.25) is 0 Å². The van der Waals surface area contributed by atoms with Crippen molar-refractivity contribution in [2.45, 2.75) is 44.2 Å². The van der Waals surface area contributed by atoms with Crippen LogP contribution in [0.25, 0.3) is 0 Å². The molecule has 0 radical (unpaired) electrons. The summed E-state index contributed by atoms with van der Waals surface area (Å²) in [6.07, 6.45) is -20.0. The fourth-order valence-electron chi connectivity index (χ4n) is 1.92. The predicted molar refractivity (Wildman–Crippen MR) is 60.2 cm³/mol. The molecule has 0 aliphatic heterocycles. The van der Waals surface area contributed by atoms with E-state index in [-0.39, 0.29) is 0 Å². The molecule has 0 atom stereocenters. The molecular formula is C13H10F10. The van der Waals surface area contributed by atoms with Crippen LogP contribution in [-0.4, -0.2) is 12.4 Å². The lowest BCUT2D eigenvalue weighted by atomic mass is 9.96. The van der Waals surface area contributed by atoms with E-state index in [1.54, 1.807) is 0 Å². The molecule has 0 spiro atoms. The number of aryl methyl sites for hydroxylation is 2. The molecule has 1 aromatic rings. The van der Waals surface area contributed by atoms with Crippen LogP contribution in [0.4, 0.5) is 43.9 Å². The molecule has 0 aliphatic rings. The number of benzene rings is 1. The van der Waals surface area contributed by atoms with E-state index < -0.39 is 66.7 Å². The van der Waals surface area contributed by atoms with Gasteiger partial charge in [0.25, 0.3) is 0 Å². The maximum Gasteiger partial charge on any atom is 0.419 e. The Kier molecular flexibility index (Phi) is 5.58. The maximum absolute atomic E-state index is 13.9. The van der Waals surface area contributed by atoms with Crippen molar-refractivity contribution < 1.29 is 43.9 Å². The summed E-state index contributed by atoms with van der Waals surface area (Å²) >= 11 is 0. The second-order valence-electron chi connectivity index (χ2n) is 4.80. The zero-order chi connectivity index (χ0) is 18.1. The van der Waals surface area contributed by atoms with Crippen LogP contribution in [0.1, 0.15) is 29.5 Å². The van der Waals surface area contributed by atoms with Crippen molar-refractivity contribution in [3.63, 3.8) is 0 Å². The molecule has 0 unspecified atom stereocenters. The molecule has 1 rings (SSSR count). The minimum atomic E-state index is -5.31. The van der Waals surface area contributed by atoms with E-state index in [2.05, 4.69) is 0 Å². The zero-order valence-corrected chi connectivity index (χ0v) is 11.3. The summed E-state index contributed by atoms with van der Waals surface area (Å²) in [5, 5.41) is 0. The molecule has 0 saturated heterocycles. The molecule has 0 nitrogen and oxygen atoms in total. The van der Waals surface area contributed by atoms with Crippen LogP contribution in [0, 0.1) is 5.82 Å². The highest BCUT2D eigenvalue weighted by molar-refractivity contribution is 5.36. The van der Waals surface area contributed by atoms with Gasteiger partial charge in [-0.1, -0.05) is 12.1 Å². The summed E-state index contributed by atoms with van der Waals surface area (Å²) in [4.78, 5) is 0. The average Bonchev–Trinajstić information content (AvgIpc) is 2.31. The van der Waals surface area contributed by atoms with Gasteiger partial charge >= 0.3 is 18.5 Å². The van der Waals surface area contributed by atoms with Gasteiger partial charge in [-0.05, 0) is 24.0 Å². The van der Waals surface area contributed by atoms with Crippen LogP contribution in [0.5, 0.6) is 0 Å². The van der Waals surface area contributed by atoms with Crippen LogP contribution >= 0.6 is 0 Å². The average molecular weight is 356 g/mol. The first-order valence-electron chi connectivity index (χ1n) is 6.21. The first kappa shape index (κ1) is 19.6. The van der Waals surface area contributed by atoms with Gasteiger partial charge in [0.05, 0.1) is 5.56 Å². The normalized spacial score (nSPS) is 13.5. The van der Waals surface area contributed by atoms with Crippen LogP contribution in [0.2, 0.25) is 0 Å². The standard InChI is InChI=1S/C13H10F10/c14-10-8(4-6-12(18,19)20)2-1-7(3-5-11(15,16)17)9(10)13(21,22)23/h1-2H,3-6H2. The molecule has 1 aromatic carbocycles. The predicted octanol–water partition coefficient (Wildman–Crippen LogP) is 5.83. The summed E-state index contributed by atoms with van der Waals surface area (Å²) in [5.41, 5.74) is -3.73. The Morgan fingerprint density at radius 2 is 1.04 bits per heavy atom. The highest BCUT2D eigenvalue weighted by atomic mass is 19.4. The number of hydrogen-bond donors (Lipinski definition) is 0. The Morgan fingerprint density at radius 3 is 1.43 bits per heavy atom. The first-order valence-corrected chi connectivity index (χ1v) is 6.21. The van der Waals surface area contributed by atoms with E-state index >= 15 is 0 Å². The Balaban J connectivity index is 3.17. The van der Waals surface area contributed by atoms with Gasteiger partial charge < -0.3 is 0 Å². The summed E-state index contributed by atoms with van der Waals surface area (Å²) in [7, 11) is 0. The highest BCUT2D eigenvalue weighted by Gasteiger charge is 2.39. The number of hydrogen-bond acceptors (Lipinski definition) is 0. The minimum absolute atomic E-state index is 0.587. The molecule has 0 aliphatic carbocycles. The summed E-state index contributed by atoms with van der Waals surface area (Å²) < 4.78 is 125. The molecule has 0 N–H and O–H groups in total.